The first-order valence-electron chi connectivity index (χ1n) is 8.65. The Morgan fingerprint density at radius 2 is 1.68 bits per heavy atom. The average molecular weight is 309 g/mol. The normalized spacial score (nSPS) is 28.5. The number of piperazine rings is 1. The van der Waals surface area contributed by atoms with E-state index in [9.17, 15) is 9.59 Å². The molecule has 1 atom stereocenters. The Bertz CT molecular complexity index is 399. The first kappa shape index (κ1) is 15.7. The van der Waals surface area contributed by atoms with Crippen molar-refractivity contribution in [1.82, 2.24) is 14.7 Å². The van der Waals surface area contributed by atoms with Crippen LogP contribution in [0.15, 0.2) is 0 Å². The average Bonchev–Trinajstić information content (AvgIpc) is 2.78. The summed E-state index contributed by atoms with van der Waals surface area (Å²) in [4.78, 5) is 30.5. The van der Waals surface area contributed by atoms with Crippen LogP contribution in [-0.4, -0.2) is 85.0 Å². The van der Waals surface area contributed by atoms with Gasteiger partial charge < -0.3 is 9.64 Å². The number of hydrogen-bond acceptors (Lipinski definition) is 5. The number of nitrogens with zero attached hydrogens (tertiary/aromatic N) is 3. The van der Waals surface area contributed by atoms with Crippen LogP contribution in [0.5, 0.6) is 0 Å². The number of ether oxygens (including phenoxy) is 1. The molecule has 0 saturated carbocycles. The van der Waals surface area contributed by atoms with Gasteiger partial charge in [0, 0.05) is 45.7 Å². The second-order valence-corrected chi connectivity index (χ2v) is 6.58. The number of carbonyl (C=O) groups excluding carboxylic acids is 2. The molecule has 22 heavy (non-hydrogen) atoms. The van der Waals surface area contributed by atoms with E-state index in [1.807, 2.05) is 4.90 Å². The quantitative estimate of drug-likeness (QED) is 0.703. The van der Waals surface area contributed by atoms with E-state index in [1.165, 1.54) is 12.8 Å². The van der Waals surface area contributed by atoms with Gasteiger partial charge in [0.15, 0.2) is 0 Å². The molecule has 3 rings (SSSR count). The number of esters is 1. The van der Waals surface area contributed by atoms with E-state index in [4.69, 9.17) is 4.74 Å². The molecule has 6 nitrogen and oxygen atoms in total. The summed E-state index contributed by atoms with van der Waals surface area (Å²) in [5.41, 5.74) is 0. The minimum atomic E-state index is -0.0749. The van der Waals surface area contributed by atoms with Crippen LogP contribution in [-0.2, 0) is 14.3 Å². The summed E-state index contributed by atoms with van der Waals surface area (Å²) < 4.78 is 5.05. The molecule has 3 heterocycles. The van der Waals surface area contributed by atoms with Crippen molar-refractivity contribution >= 4 is 11.9 Å². The van der Waals surface area contributed by atoms with E-state index in [1.54, 1.807) is 0 Å². The van der Waals surface area contributed by atoms with Crippen molar-refractivity contribution in [2.45, 2.75) is 38.1 Å². The minimum absolute atomic E-state index is 0.0524. The van der Waals surface area contributed by atoms with Crippen molar-refractivity contribution in [3.05, 3.63) is 0 Å². The fraction of sp³-hybridized carbons (Fsp3) is 0.875. The van der Waals surface area contributed by atoms with Crippen LogP contribution in [0.25, 0.3) is 0 Å². The highest BCUT2D eigenvalue weighted by Crippen LogP contribution is 2.16. The molecule has 3 saturated heterocycles. The minimum Gasteiger partial charge on any atom is -0.464 e. The number of carbonyl (C=O) groups is 2. The van der Waals surface area contributed by atoms with E-state index in [0.717, 1.165) is 58.5 Å². The molecule has 1 unspecified atom stereocenters. The molecule has 3 fully saturated rings. The molecule has 0 N–H and O–H groups in total. The summed E-state index contributed by atoms with van der Waals surface area (Å²) in [7, 11) is 0. The van der Waals surface area contributed by atoms with Gasteiger partial charge in [-0.05, 0) is 12.8 Å². The third-order valence-electron chi connectivity index (χ3n) is 5.07. The van der Waals surface area contributed by atoms with Gasteiger partial charge in [-0.1, -0.05) is 12.8 Å². The van der Waals surface area contributed by atoms with Gasteiger partial charge in [0.05, 0.1) is 13.2 Å². The monoisotopic (exact) mass is 309 g/mol. The lowest BCUT2D eigenvalue weighted by atomic mass is 10.2. The summed E-state index contributed by atoms with van der Waals surface area (Å²) in [5, 5.41) is 0. The zero-order chi connectivity index (χ0) is 15.4. The number of amides is 1. The van der Waals surface area contributed by atoms with Gasteiger partial charge in [-0.3, -0.25) is 19.4 Å². The topological polar surface area (TPSA) is 53.1 Å². The third kappa shape index (κ3) is 3.79. The fourth-order valence-corrected chi connectivity index (χ4v) is 3.66. The molecule has 6 heteroatoms. The Balaban J connectivity index is 1.43. The highest BCUT2D eigenvalue weighted by Gasteiger charge is 2.34. The van der Waals surface area contributed by atoms with E-state index in [-0.39, 0.29) is 17.9 Å². The lowest BCUT2D eigenvalue weighted by Crippen LogP contribution is -2.53. The van der Waals surface area contributed by atoms with Crippen LogP contribution in [0.4, 0.5) is 0 Å². The largest absolute Gasteiger partial charge is 0.464 e. The highest BCUT2D eigenvalue weighted by atomic mass is 16.5. The molecule has 0 aromatic heterocycles. The number of likely N-dealkylation sites (tertiary alicyclic amines) is 1. The molecule has 0 aromatic carbocycles. The van der Waals surface area contributed by atoms with Crippen molar-refractivity contribution in [3.8, 4) is 0 Å². The molecule has 3 aliphatic heterocycles. The van der Waals surface area contributed by atoms with E-state index < -0.39 is 0 Å². The molecule has 0 radical (unpaired) electrons. The van der Waals surface area contributed by atoms with E-state index in [2.05, 4.69) is 9.80 Å². The predicted octanol–water partition coefficient (Wildman–Crippen LogP) is 0.322. The second-order valence-electron chi connectivity index (χ2n) is 6.58. The van der Waals surface area contributed by atoms with Gasteiger partial charge in [-0.25, -0.2) is 0 Å². The van der Waals surface area contributed by atoms with Crippen LogP contribution >= 0.6 is 0 Å². The molecular formula is C16H27N3O3. The summed E-state index contributed by atoms with van der Waals surface area (Å²) >= 11 is 0. The first-order valence-corrected chi connectivity index (χ1v) is 8.65. The van der Waals surface area contributed by atoms with E-state index in [0.29, 0.717) is 13.2 Å². The van der Waals surface area contributed by atoms with Crippen LogP contribution in [0, 0.1) is 0 Å². The van der Waals surface area contributed by atoms with E-state index >= 15 is 0 Å². The Hall–Kier alpha value is -1.14. The molecule has 1 amide bonds. The Labute approximate surface area is 132 Å². The zero-order valence-corrected chi connectivity index (χ0v) is 13.3. The fourth-order valence-electron chi connectivity index (χ4n) is 3.66. The number of rotatable bonds is 3. The molecule has 0 aliphatic carbocycles. The van der Waals surface area contributed by atoms with Gasteiger partial charge in [-0.2, -0.15) is 0 Å². The van der Waals surface area contributed by atoms with Crippen molar-refractivity contribution in [2.24, 2.45) is 0 Å². The summed E-state index contributed by atoms with van der Waals surface area (Å²) in [6, 6.07) is -0.0524. The number of cyclic esters (lactones) is 1. The lowest BCUT2D eigenvalue weighted by Gasteiger charge is -2.36. The third-order valence-corrected chi connectivity index (χ3v) is 5.07. The molecule has 0 aromatic rings. The van der Waals surface area contributed by atoms with Crippen molar-refractivity contribution in [1.29, 1.82) is 0 Å². The maximum Gasteiger partial charge on any atom is 0.323 e. The second kappa shape index (κ2) is 7.42. The van der Waals surface area contributed by atoms with Crippen LogP contribution in [0.1, 0.15) is 32.1 Å². The number of hydrogen-bond donors (Lipinski definition) is 0. The Morgan fingerprint density at radius 1 is 1.00 bits per heavy atom. The van der Waals surface area contributed by atoms with Gasteiger partial charge in [-0.15, -0.1) is 0 Å². The highest BCUT2D eigenvalue weighted by molar-refractivity contribution is 5.78. The Kier molecular flexibility index (Phi) is 5.31. The first-order chi connectivity index (χ1) is 10.7. The van der Waals surface area contributed by atoms with Crippen LogP contribution < -0.4 is 0 Å². The smallest absolute Gasteiger partial charge is 0.323 e. The van der Waals surface area contributed by atoms with Gasteiger partial charge in [0.2, 0.25) is 5.91 Å². The molecule has 3 aliphatic rings. The van der Waals surface area contributed by atoms with Crippen LogP contribution in [0.2, 0.25) is 0 Å². The SMILES string of the molecule is O=C1OCCC1N1CCN(CC(=O)N2CCCCCC2)CC1. The molecule has 0 bridgehead atoms. The Morgan fingerprint density at radius 3 is 2.27 bits per heavy atom. The van der Waals surface area contributed by atoms with Crippen molar-refractivity contribution in [2.75, 3.05) is 52.4 Å². The standard InChI is InChI=1S/C16H27N3O3/c20-15(19-6-3-1-2-4-7-19)13-17-8-10-18(11-9-17)14-5-12-22-16(14)21/h14H,1-13H2. The van der Waals surface area contributed by atoms with Gasteiger partial charge in [0.1, 0.15) is 6.04 Å². The summed E-state index contributed by atoms with van der Waals surface area (Å²) in [6.07, 6.45) is 5.60. The maximum absolute atomic E-state index is 12.4. The van der Waals surface area contributed by atoms with Gasteiger partial charge in [0.25, 0.3) is 0 Å². The lowest BCUT2D eigenvalue weighted by molar-refractivity contribution is -0.143. The predicted molar refractivity (Wildman–Crippen MR) is 82.4 cm³/mol. The summed E-state index contributed by atoms with van der Waals surface area (Å²) in [6.45, 7) is 6.37. The van der Waals surface area contributed by atoms with Gasteiger partial charge >= 0.3 is 5.97 Å². The molecule has 124 valence electrons. The zero-order valence-electron chi connectivity index (χ0n) is 13.3. The summed E-state index contributed by atoms with van der Waals surface area (Å²) in [5.74, 6) is 0.199. The molecule has 0 spiro atoms. The van der Waals surface area contributed by atoms with Crippen LogP contribution in [0.3, 0.4) is 0 Å². The molecular weight excluding hydrogens is 282 g/mol. The van der Waals surface area contributed by atoms with Crippen molar-refractivity contribution < 1.29 is 14.3 Å². The van der Waals surface area contributed by atoms with Crippen molar-refractivity contribution in [3.63, 3.8) is 0 Å². The maximum atomic E-state index is 12.4.